The highest BCUT2D eigenvalue weighted by molar-refractivity contribution is 6.07. The number of rotatable bonds is 4. The van der Waals surface area contributed by atoms with E-state index in [9.17, 15) is 40.3 Å². The second-order valence-electron chi connectivity index (χ2n) is 7.43. The maximum atomic E-state index is 13.9. The van der Waals surface area contributed by atoms with E-state index in [1.165, 1.54) is 18.2 Å². The van der Waals surface area contributed by atoms with Crippen molar-refractivity contribution in [3.63, 3.8) is 0 Å². The van der Waals surface area contributed by atoms with Crippen molar-refractivity contribution in [3.8, 4) is 0 Å². The molecular weight excluding hydrogens is 469 g/mol. The number of halogens is 7. The number of hydrogen-bond acceptors (Lipinski definition) is 2. The number of fused-ring (bicyclic) bond motifs is 1. The van der Waals surface area contributed by atoms with Gasteiger partial charge in [0.1, 0.15) is 11.6 Å². The van der Waals surface area contributed by atoms with E-state index in [1.807, 2.05) is 0 Å². The van der Waals surface area contributed by atoms with Crippen molar-refractivity contribution in [1.29, 1.82) is 0 Å². The van der Waals surface area contributed by atoms with Gasteiger partial charge in [-0.25, -0.2) is 17.6 Å². The van der Waals surface area contributed by atoms with E-state index in [2.05, 4.69) is 10.6 Å². The molecule has 2 N–H and O–H groups in total. The van der Waals surface area contributed by atoms with Crippen molar-refractivity contribution in [1.82, 2.24) is 5.32 Å². The number of amides is 2. The van der Waals surface area contributed by atoms with Gasteiger partial charge in [-0.3, -0.25) is 9.59 Å². The van der Waals surface area contributed by atoms with Crippen molar-refractivity contribution in [2.75, 3.05) is 5.32 Å². The molecule has 0 bridgehead atoms. The van der Waals surface area contributed by atoms with Crippen LogP contribution >= 0.6 is 0 Å². The first-order valence-electron chi connectivity index (χ1n) is 9.66. The van der Waals surface area contributed by atoms with Crippen LogP contribution in [0.3, 0.4) is 0 Å². The Labute approximate surface area is 187 Å². The summed E-state index contributed by atoms with van der Waals surface area (Å²) in [5, 5.41) is 4.75. The lowest BCUT2D eigenvalue weighted by Crippen LogP contribution is -2.22. The lowest BCUT2D eigenvalue weighted by Gasteiger charge is -2.19. The van der Waals surface area contributed by atoms with Crippen LogP contribution in [0, 0.1) is 11.6 Å². The number of hydrogen-bond donors (Lipinski definition) is 2. The van der Waals surface area contributed by atoms with Gasteiger partial charge in [-0.2, -0.15) is 13.2 Å². The van der Waals surface area contributed by atoms with Gasteiger partial charge in [0.15, 0.2) is 0 Å². The molecule has 11 heteroatoms. The summed E-state index contributed by atoms with van der Waals surface area (Å²) in [4.78, 5) is 25.1. The van der Waals surface area contributed by atoms with Gasteiger partial charge in [-0.05, 0) is 48.0 Å². The highest BCUT2D eigenvalue weighted by Gasteiger charge is 2.36. The molecule has 34 heavy (non-hydrogen) atoms. The van der Waals surface area contributed by atoms with Gasteiger partial charge in [0.05, 0.1) is 11.6 Å². The van der Waals surface area contributed by atoms with Gasteiger partial charge in [0.2, 0.25) is 0 Å². The van der Waals surface area contributed by atoms with Gasteiger partial charge in [-0.15, -0.1) is 0 Å². The summed E-state index contributed by atoms with van der Waals surface area (Å²) in [5.74, 6) is -3.96. The molecule has 2 amide bonds. The van der Waals surface area contributed by atoms with Crippen LogP contribution in [0.5, 0.6) is 0 Å². The molecule has 4 rings (SSSR count). The Morgan fingerprint density at radius 1 is 0.971 bits per heavy atom. The zero-order valence-electron chi connectivity index (χ0n) is 16.8. The molecule has 3 aromatic carbocycles. The molecule has 0 aliphatic carbocycles. The van der Waals surface area contributed by atoms with Crippen LogP contribution in [0.1, 0.15) is 55.4 Å². The molecule has 1 heterocycles. The summed E-state index contributed by atoms with van der Waals surface area (Å²) >= 11 is 0. The SMILES string of the molecule is O=C(Nc1cccc2c1[C@H](c1cc(F)ccc1C(F)F)NC2=O)c1cc(F)cc(C(F)(F)F)c1. The molecular formula is C23H13F7N2O2. The van der Waals surface area contributed by atoms with Gasteiger partial charge in [0, 0.05) is 27.9 Å². The smallest absolute Gasteiger partial charge is 0.341 e. The zero-order valence-corrected chi connectivity index (χ0v) is 16.8. The molecule has 4 nitrogen and oxygen atoms in total. The van der Waals surface area contributed by atoms with E-state index >= 15 is 0 Å². The summed E-state index contributed by atoms with van der Waals surface area (Å²) < 4.78 is 93.7. The molecule has 0 radical (unpaired) electrons. The van der Waals surface area contributed by atoms with Gasteiger partial charge in [-0.1, -0.05) is 12.1 Å². The minimum Gasteiger partial charge on any atom is -0.341 e. The summed E-state index contributed by atoms with van der Waals surface area (Å²) in [7, 11) is 0. The highest BCUT2D eigenvalue weighted by Crippen LogP contribution is 2.40. The summed E-state index contributed by atoms with van der Waals surface area (Å²) in [6.45, 7) is 0. The van der Waals surface area contributed by atoms with Crippen molar-refractivity contribution in [2.45, 2.75) is 18.6 Å². The van der Waals surface area contributed by atoms with Crippen LogP contribution in [0.25, 0.3) is 0 Å². The Morgan fingerprint density at radius 3 is 2.38 bits per heavy atom. The maximum absolute atomic E-state index is 13.9. The first-order chi connectivity index (χ1) is 16.0. The third kappa shape index (κ3) is 4.33. The number of carbonyl (C=O) groups excluding carboxylic acids is 2. The third-order valence-electron chi connectivity index (χ3n) is 5.25. The predicted molar refractivity (Wildman–Crippen MR) is 106 cm³/mol. The minimum absolute atomic E-state index is 0.0116. The molecule has 0 unspecified atom stereocenters. The number of alkyl halides is 5. The van der Waals surface area contributed by atoms with E-state index in [4.69, 9.17) is 0 Å². The molecule has 1 aliphatic rings. The van der Waals surface area contributed by atoms with Crippen LogP contribution in [-0.4, -0.2) is 11.8 Å². The third-order valence-corrected chi connectivity index (χ3v) is 5.25. The summed E-state index contributed by atoms with van der Waals surface area (Å²) in [5.41, 5.74) is -2.95. The van der Waals surface area contributed by atoms with E-state index < -0.39 is 58.8 Å². The second-order valence-corrected chi connectivity index (χ2v) is 7.43. The fourth-order valence-corrected chi connectivity index (χ4v) is 3.77. The quantitative estimate of drug-likeness (QED) is 0.448. The Balaban J connectivity index is 1.77. The standard InChI is InChI=1S/C23H13F7N2O2/c24-12-4-5-14(20(26)27)16(9-12)19-18-15(22(34)32-19)2-1-3-17(18)31-21(33)10-6-11(23(28,29)30)8-13(25)7-10/h1-9,19-20H,(H,31,33)(H,32,34)/t19-/m0/s1. The number of nitrogens with one attached hydrogen (secondary N) is 2. The number of carbonyl (C=O) groups is 2. The lowest BCUT2D eigenvalue weighted by molar-refractivity contribution is -0.137. The average Bonchev–Trinajstić information content (AvgIpc) is 3.10. The van der Waals surface area contributed by atoms with E-state index in [0.29, 0.717) is 12.1 Å². The van der Waals surface area contributed by atoms with Crippen molar-refractivity contribution < 1.29 is 40.3 Å². The van der Waals surface area contributed by atoms with Gasteiger partial charge >= 0.3 is 6.18 Å². The fraction of sp³-hybridized carbons (Fsp3) is 0.130. The molecule has 176 valence electrons. The van der Waals surface area contributed by atoms with Gasteiger partial charge < -0.3 is 10.6 Å². The first-order valence-corrected chi connectivity index (χ1v) is 9.66. The highest BCUT2D eigenvalue weighted by atomic mass is 19.4. The summed E-state index contributed by atoms with van der Waals surface area (Å²) in [6, 6.07) is 6.49. The molecule has 3 aromatic rings. The van der Waals surface area contributed by atoms with Crippen LogP contribution < -0.4 is 10.6 Å². The topological polar surface area (TPSA) is 58.2 Å². The molecule has 0 aromatic heterocycles. The van der Waals surface area contributed by atoms with E-state index in [0.717, 1.165) is 18.2 Å². The number of benzene rings is 3. The maximum Gasteiger partial charge on any atom is 0.416 e. The first kappa shape index (κ1) is 23.3. The fourth-order valence-electron chi connectivity index (χ4n) is 3.77. The van der Waals surface area contributed by atoms with Gasteiger partial charge in [0.25, 0.3) is 18.2 Å². The minimum atomic E-state index is -4.91. The second kappa shape index (κ2) is 8.47. The normalized spacial score (nSPS) is 15.3. The van der Waals surface area contributed by atoms with E-state index in [-0.39, 0.29) is 28.4 Å². The van der Waals surface area contributed by atoms with Crippen LogP contribution in [0.2, 0.25) is 0 Å². The Morgan fingerprint density at radius 2 is 1.71 bits per heavy atom. The van der Waals surface area contributed by atoms with Crippen molar-refractivity contribution in [2.24, 2.45) is 0 Å². The monoisotopic (exact) mass is 482 g/mol. The molecule has 1 aliphatic heterocycles. The molecule has 0 saturated heterocycles. The Bertz CT molecular complexity index is 1300. The molecule has 0 saturated carbocycles. The lowest BCUT2D eigenvalue weighted by atomic mass is 9.93. The van der Waals surface area contributed by atoms with Crippen molar-refractivity contribution >= 4 is 17.5 Å². The number of anilines is 1. The van der Waals surface area contributed by atoms with Crippen LogP contribution in [0.4, 0.5) is 36.4 Å². The van der Waals surface area contributed by atoms with E-state index in [1.54, 1.807) is 0 Å². The van der Waals surface area contributed by atoms with Crippen LogP contribution in [0.15, 0.2) is 54.6 Å². The summed E-state index contributed by atoms with van der Waals surface area (Å²) in [6.07, 6.45) is -7.92. The average molecular weight is 482 g/mol. The predicted octanol–water partition coefficient (Wildman–Crippen LogP) is 6.01. The Kier molecular flexibility index (Phi) is 5.80. The molecule has 0 fully saturated rings. The largest absolute Gasteiger partial charge is 0.416 e. The van der Waals surface area contributed by atoms with Crippen molar-refractivity contribution in [3.05, 3.63) is 99.6 Å². The molecule has 1 atom stereocenters. The Hall–Kier alpha value is -3.89. The zero-order chi connectivity index (χ0) is 24.8. The van der Waals surface area contributed by atoms with Crippen LogP contribution in [-0.2, 0) is 6.18 Å². The molecule has 0 spiro atoms.